The van der Waals surface area contributed by atoms with E-state index in [2.05, 4.69) is 4.99 Å². The molecule has 0 rings (SSSR count). The smallest absolute Gasteiger partial charge is 0.213 e. The Bertz CT molecular complexity index is 131. The van der Waals surface area contributed by atoms with E-state index in [0.717, 1.165) is 6.42 Å². The fourth-order valence-electron chi connectivity index (χ4n) is 0.430. The average Bonchev–Trinajstić information content (AvgIpc) is 1.87. The normalized spacial score (nSPS) is 13.4. The van der Waals surface area contributed by atoms with Crippen LogP contribution in [0.5, 0.6) is 0 Å². The van der Waals surface area contributed by atoms with Crippen molar-refractivity contribution >= 4 is 5.96 Å². The van der Waals surface area contributed by atoms with E-state index in [9.17, 15) is 0 Å². The molecule has 0 aromatic rings. The van der Waals surface area contributed by atoms with Crippen LogP contribution >= 0.6 is 0 Å². The van der Waals surface area contributed by atoms with Crippen LogP contribution in [0.1, 0.15) is 27.2 Å². The number of nitrogens with one attached hydrogen (secondary N) is 1. The molecule has 0 aromatic carbocycles. The number of nitrogens with two attached hydrogens (primary N) is 1. The summed E-state index contributed by atoms with van der Waals surface area (Å²) in [5.74, 6) is 0.0619. The van der Waals surface area contributed by atoms with Gasteiger partial charge in [0.2, 0.25) is 5.96 Å². The van der Waals surface area contributed by atoms with E-state index < -0.39 is 0 Å². The molecule has 0 atom stereocenters. The highest BCUT2D eigenvalue weighted by Gasteiger charge is 2.12. The molecule has 0 aliphatic carbocycles. The predicted octanol–water partition coefficient (Wildman–Crippen LogP) is 0.469. The van der Waals surface area contributed by atoms with Gasteiger partial charge in [0.15, 0.2) is 0 Å². The van der Waals surface area contributed by atoms with E-state index in [0.29, 0.717) is 0 Å². The minimum absolute atomic E-state index is 0.0619. The number of guanidine groups is 1. The second-order valence-electron chi connectivity index (χ2n) is 2.77. The first-order valence-electron chi connectivity index (χ1n) is 3.27. The Hall–Kier alpha value is -0.770. The SMILES string of the molecule is CCC(C)(C)N=C(N)NO. The molecule has 0 aliphatic rings. The monoisotopic (exact) mass is 145 g/mol. The van der Waals surface area contributed by atoms with Gasteiger partial charge in [-0.2, -0.15) is 0 Å². The lowest BCUT2D eigenvalue weighted by atomic mass is 10.0. The molecule has 0 saturated carbocycles. The molecule has 0 fully saturated rings. The maximum atomic E-state index is 8.29. The van der Waals surface area contributed by atoms with E-state index in [1.54, 1.807) is 5.48 Å². The summed E-state index contributed by atoms with van der Waals surface area (Å²) < 4.78 is 0. The summed E-state index contributed by atoms with van der Waals surface area (Å²) in [5, 5.41) is 8.29. The summed E-state index contributed by atoms with van der Waals surface area (Å²) in [6.07, 6.45) is 0.884. The summed E-state index contributed by atoms with van der Waals surface area (Å²) in [7, 11) is 0. The van der Waals surface area contributed by atoms with Gasteiger partial charge < -0.3 is 5.73 Å². The minimum Gasteiger partial charge on any atom is -0.368 e. The quantitative estimate of drug-likeness (QED) is 0.300. The molecule has 4 nitrogen and oxygen atoms in total. The van der Waals surface area contributed by atoms with Gasteiger partial charge in [-0.3, -0.25) is 5.21 Å². The summed E-state index contributed by atoms with van der Waals surface area (Å²) in [5.41, 5.74) is 6.81. The number of hydroxylamine groups is 1. The maximum Gasteiger partial charge on any atom is 0.213 e. The summed E-state index contributed by atoms with van der Waals surface area (Å²) >= 11 is 0. The van der Waals surface area contributed by atoms with Crippen LogP contribution in [0.4, 0.5) is 0 Å². The Kier molecular flexibility index (Phi) is 3.15. The lowest BCUT2D eigenvalue weighted by Gasteiger charge is -2.16. The van der Waals surface area contributed by atoms with Gasteiger partial charge in [-0.05, 0) is 20.3 Å². The van der Waals surface area contributed by atoms with E-state index in [1.807, 2.05) is 20.8 Å². The van der Waals surface area contributed by atoms with Crippen molar-refractivity contribution in [3.63, 3.8) is 0 Å². The van der Waals surface area contributed by atoms with Crippen molar-refractivity contribution in [1.82, 2.24) is 5.48 Å². The molecular weight excluding hydrogens is 130 g/mol. The third-order valence-electron chi connectivity index (χ3n) is 1.40. The fraction of sp³-hybridized carbons (Fsp3) is 0.833. The van der Waals surface area contributed by atoms with Gasteiger partial charge in [0.25, 0.3) is 0 Å². The zero-order valence-corrected chi connectivity index (χ0v) is 6.68. The summed E-state index contributed by atoms with van der Waals surface area (Å²) in [6, 6.07) is 0. The Balaban J connectivity index is 4.09. The molecule has 4 N–H and O–H groups in total. The molecule has 60 valence electrons. The fourth-order valence-corrected chi connectivity index (χ4v) is 0.430. The summed E-state index contributed by atoms with van der Waals surface area (Å²) in [6.45, 7) is 5.89. The molecule has 0 saturated heterocycles. The first kappa shape index (κ1) is 9.23. The molecule has 0 spiro atoms. The van der Waals surface area contributed by atoms with Gasteiger partial charge in [-0.25, -0.2) is 10.5 Å². The number of rotatable bonds is 2. The second-order valence-corrected chi connectivity index (χ2v) is 2.77. The molecule has 0 unspecified atom stereocenters. The average molecular weight is 145 g/mol. The predicted molar refractivity (Wildman–Crippen MR) is 40.9 cm³/mol. The second kappa shape index (κ2) is 3.41. The Morgan fingerprint density at radius 2 is 2.20 bits per heavy atom. The lowest BCUT2D eigenvalue weighted by Crippen LogP contribution is -2.32. The topological polar surface area (TPSA) is 70.6 Å². The Morgan fingerprint density at radius 3 is 2.50 bits per heavy atom. The van der Waals surface area contributed by atoms with Crippen molar-refractivity contribution in [2.75, 3.05) is 0 Å². The van der Waals surface area contributed by atoms with Gasteiger partial charge >= 0.3 is 0 Å². The zero-order chi connectivity index (χ0) is 8.20. The van der Waals surface area contributed by atoms with Crippen LogP contribution in [0.15, 0.2) is 4.99 Å². The first-order valence-corrected chi connectivity index (χ1v) is 3.27. The third-order valence-corrected chi connectivity index (χ3v) is 1.40. The lowest BCUT2D eigenvalue weighted by molar-refractivity contribution is 0.231. The maximum absolute atomic E-state index is 8.29. The number of hydrogen-bond acceptors (Lipinski definition) is 2. The molecule has 10 heavy (non-hydrogen) atoms. The van der Waals surface area contributed by atoms with Crippen LogP contribution in [0.3, 0.4) is 0 Å². The molecule has 0 bridgehead atoms. The van der Waals surface area contributed by atoms with Gasteiger partial charge in [0, 0.05) is 0 Å². The molecule has 0 heterocycles. The van der Waals surface area contributed by atoms with Crippen molar-refractivity contribution < 1.29 is 5.21 Å². The largest absolute Gasteiger partial charge is 0.368 e. The number of aliphatic imine (C=N–C) groups is 1. The standard InChI is InChI=1S/C6H15N3O/c1-4-6(2,3)8-5(7)9-10/h10H,4H2,1-3H3,(H3,7,8,9). The molecule has 0 radical (unpaired) electrons. The summed E-state index contributed by atoms with van der Waals surface area (Å²) in [4.78, 5) is 3.98. The van der Waals surface area contributed by atoms with Crippen molar-refractivity contribution in [3.05, 3.63) is 0 Å². The van der Waals surface area contributed by atoms with Crippen LogP contribution < -0.4 is 11.2 Å². The van der Waals surface area contributed by atoms with Crippen LogP contribution in [-0.4, -0.2) is 16.7 Å². The van der Waals surface area contributed by atoms with Gasteiger partial charge in [-0.1, -0.05) is 6.92 Å². The molecule has 0 aliphatic heterocycles. The zero-order valence-electron chi connectivity index (χ0n) is 6.68. The third kappa shape index (κ3) is 3.29. The Morgan fingerprint density at radius 1 is 1.70 bits per heavy atom. The van der Waals surface area contributed by atoms with Gasteiger partial charge in [-0.15, -0.1) is 0 Å². The van der Waals surface area contributed by atoms with Crippen LogP contribution in [0, 0.1) is 0 Å². The van der Waals surface area contributed by atoms with Crippen LogP contribution in [0.2, 0.25) is 0 Å². The number of hydrogen-bond donors (Lipinski definition) is 3. The molecular formula is C6H15N3O. The minimum atomic E-state index is -0.195. The van der Waals surface area contributed by atoms with Crippen molar-refractivity contribution in [2.24, 2.45) is 10.7 Å². The number of nitrogens with zero attached hydrogens (tertiary/aromatic N) is 1. The molecule has 0 aromatic heterocycles. The van der Waals surface area contributed by atoms with Crippen molar-refractivity contribution in [2.45, 2.75) is 32.7 Å². The molecule has 0 amide bonds. The highest BCUT2D eigenvalue weighted by Crippen LogP contribution is 2.12. The highest BCUT2D eigenvalue weighted by atomic mass is 16.5. The highest BCUT2D eigenvalue weighted by molar-refractivity contribution is 5.76. The van der Waals surface area contributed by atoms with Crippen LogP contribution in [0.25, 0.3) is 0 Å². The van der Waals surface area contributed by atoms with Crippen molar-refractivity contribution in [3.8, 4) is 0 Å². The van der Waals surface area contributed by atoms with Crippen LogP contribution in [-0.2, 0) is 0 Å². The van der Waals surface area contributed by atoms with E-state index in [4.69, 9.17) is 10.9 Å². The van der Waals surface area contributed by atoms with Gasteiger partial charge in [0.05, 0.1) is 5.54 Å². The van der Waals surface area contributed by atoms with Gasteiger partial charge in [0.1, 0.15) is 0 Å². The van der Waals surface area contributed by atoms with E-state index in [1.165, 1.54) is 0 Å². The van der Waals surface area contributed by atoms with E-state index in [-0.39, 0.29) is 11.5 Å². The van der Waals surface area contributed by atoms with E-state index >= 15 is 0 Å². The first-order chi connectivity index (χ1) is 4.52. The van der Waals surface area contributed by atoms with Crippen molar-refractivity contribution in [1.29, 1.82) is 0 Å². The Labute approximate surface area is 61.1 Å². The molecule has 4 heteroatoms.